The van der Waals surface area contributed by atoms with Crippen molar-refractivity contribution in [3.63, 3.8) is 0 Å². The summed E-state index contributed by atoms with van der Waals surface area (Å²) >= 11 is 1.39. The van der Waals surface area contributed by atoms with Gasteiger partial charge in [0.15, 0.2) is 11.5 Å². The summed E-state index contributed by atoms with van der Waals surface area (Å²) < 4.78 is 21.0. The number of hydrogen-bond acceptors (Lipinski definition) is 10. The van der Waals surface area contributed by atoms with Crippen LogP contribution in [0.5, 0.6) is 17.2 Å². The third kappa shape index (κ3) is 6.14. The summed E-state index contributed by atoms with van der Waals surface area (Å²) in [6, 6.07) is 2.48. The van der Waals surface area contributed by atoms with Gasteiger partial charge in [0.2, 0.25) is 5.75 Å². The molecule has 0 radical (unpaired) electrons. The summed E-state index contributed by atoms with van der Waals surface area (Å²) in [5.41, 5.74) is 1.33. The first-order valence-corrected chi connectivity index (χ1v) is 13.2. The van der Waals surface area contributed by atoms with Crippen LogP contribution in [-0.2, 0) is 16.0 Å². The van der Waals surface area contributed by atoms with E-state index in [4.69, 9.17) is 18.9 Å². The van der Waals surface area contributed by atoms with Crippen LogP contribution in [0.1, 0.15) is 50.3 Å². The van der Waals surface area contributed by atoms with E-state index in [1.165, 1.54) is 46.1 Å². The van der Waals surface area contributed by atoms with Gasteiger partial charge in [-0.25, -0.2) is 14.8 Å². The van der Waals surface area contributed by atoms with E-state index in [2.05, 4.69) is 20.3 Å². The number of rotatable bonds is 10. The maximum absolute atomic E-state index is 13.3. The number of thiazole rings is 1. The zero-order valence-electron chi connectivity index (χ0n) is 22.2. The van der Waals surface area contributed by atoms with Crippen LogP contribution in [0.15, 0.2) is 30.0 Å². The Balaban J connectivity index is 1.38. The Morgan fingerprint density at radius 3 is 2.46 bits per heavy atom. The van der Waals surface area contributed by atoms with E-state index in [-0.39, 0.29) is 23.9 Å². The number of H-pyrrole nitrogens is 1. The number of methoxy groups -OCH3 is 4. The number of benzene rings is 1. The van der Waals surface area contributed by atoms with Crippen molar-refractivity contribution in [2.75, 3.05) is 41.5 Å². The van der Waals surface area contributed by atoms with Crippen molar-refractivity contribution in [2.24, 2.45) is 0 Å². The summed E-state index contributed by atoms with van der Waals surface area (Å²) in [5.74, 6) is 0.112. The third-order valence-corrected chi connectivity index (χ3v) is 7.60. The highest BCUT2D eigenvalue weighted by molar-refractivity contribution is 7.09. The fraction of sp³-hybridized carbons (Fsp3) is 0.423. The second kappa shape index (κ2) is 12.6. The van der Waals surface area contributed by atoms with Crippen molar-refractivity contribution in [2.45, 2.75) is 31.2 Å². The number of esters is 1. The van der Waals surface area contributed by atoms with Crippen molar-refractivity contribution in [3.05, 3.63) is 52.0 Å². The molecule has 1 atom stereocenters. The maximum atomic E-state index is 13.3. The lowest BCUT2D eigenvalue weighted by Crippen LogP contribution is -2.43. The number of aromatic nitrogens is 3. The Hall–Kier alpha value is -4.13. The third-order valence-electron chi connectivity index (χ3n) is 6.59. The lowest BCUT2D eigenvalue weighted by atomic mass is 9.96. The van der Waals surface area contributed by atoms with Gasteiger partial charge < -0.3 is 34.1 Å². The summed E-state index contributed by atoms with van der Waals surface area (Å²) in [7, 11) is 5.78. The lowest BCUT2D eigenvalue weighted by molar-refractivity contribution is -0.142. The number of carbonyl (C=O) groups excluding carboxylic acids is 3. The molecule has 4 rings (SSSR count). The molecule has 1 saturated heterocycles. The predicted octanol–water partition coefficient (Wildman–Crippen LogP) is 2.43. The molecule has 0 bridgehead atoms. The Morgan fingerprint density at radius 1 is 1.10 bits per heavy atom. The number of hydrogen-bond donors (Lipinski definition) is 2. The summed E-state index contributed by atoms with van der Waals surface area (Å²) in [5, 5.41) is 5.21. The summed E-state index contributed by atoms with van der Waals surface area (Å²) in [6.07, 6.45) is 4.69. The van der Waals surface area contributed by atoms with E-state index in [1.807, 2.05) is 0 Å². The number of imidazole rings is 1. The molecule has 208 valence electrons. The highest BCUT2D eigenvalue weighted by Gasteiger charge is 2.30. The zero-order chi connectivity index (χ0) is 27.9. The molecule has 1 aromatic carbocycles. The van der Waals surface area contributed by atoms with Gasteiger partial charge in [-0.2, -0.15) is 0 Å². The topological polar surface area (TPSA) is 145 Å². The average Bonchev–Trinajstić information content (AvgIpc) is 3.68. The van der Waals surface area contributed by atoms with Crippen LogP contribution in [0.3, 0.4) is 0 Å². The Morgan fingerprint density at radius 2 is 1.85 bits per heavy atom. The van der Waals surface area contributed by atoms with Gasteiger partial charge in [-0.1, -0.05) is 0 Å². The molecule has 3 heterocycles. The van der Waals surface area contributed by atoms with E-state index >= 15 is 0 Å². The molecule has 39 heavy (non-hydrogen) atoms. The van der Waals surface area contributed by atoms with E-state index in [0.29, 0.717) is 54.4 Å². The minimum absolute atomic E-state index is 0.106. The number of aromatic amines is 1. The number of likely N-dealkylation sites (tertiary alicyclic amines) is 1. The standard InChI is InChI=1S/C26H31N5O7S/c1-35-20-6-5-17(21(36-2)22(20)37-3)25(33)31-9-7-15(8-10-31)24-30-19(13-39-24)23(32)29-18(26(34)38-4)11-16-12-27-14-28-16/h5-6,12-15,18H,7-11H2,1-4H3,(H,27,28)(H,29,32). The molecule has 0 aliphatic carbocycles. The molecule has 13 heteroatoms. The minimum atomic E-state index is -0.879. The van der Waals surface area contributed by atoms with Crippen LogP contribution < -0.4 is 19.5 Å². The van der Waals surface area contributed by atoms with Gasteiger partial charge in [0.1, 0.15) is 11.7 Å². The summed E-state index contributed by atoms with van der Waals surface area (Å²) in [6.45, 7) is 1.05. The first kappa shape index (κ1) is 27.9. The fourth-order valence-corrected chi connectivity index (χ4v) is 5.50. The summed E-state index contributed by atoms with van der Waals surface area (Å²) in [4.78, 5) is 51.6. The first-order valence-electron chi connectivity index (χ1n) is 12.3. The molecular formula is C26H31N5O7S. The van der Waals surface area contributed by atoms with Crippen molar-refractivity contribution < 1.29 is 33.3 Å². The van der Waals surface area contributed by atoms with E-state index in [9.17, 15) is 14.4 Å². The molecule has 1 aliphatic rings. The number of piperidine rings is 1. The second-order valence-electron chi connectivity index (χ2n) is 8.85. The molecule has 2 amide bonds. The normalized spacial score (nSPS) is 14.4. The number of nitrogens with one attached hydrogen (secondary N) is 2. The smallest absolute Gasteiger partial charge is 0.328 e. The van der Waals surface area contributed by atoms with Crippen LogP contribution in [-0.4, -0.2) is 85.2 Å². The Bertz CT molecular complexity index is 1300. The molecule has 1 fully saturated rings. The van der Waals surface area contributed by atoms with Gasteiger partial charge in [0.05, 0.1) is 45.3 Å². The monoisotopic (exact) mass is 557 g/mol. The highest BCUT2D eigenvalue weighted by atomic mass is 32.1. The first-order chi connectivity index (χ1) is 18.9. The van der Waals surface area contributed by atoms with Gasteiger partial charge in [-0.3, -0.25) is 9.59 Å². The van der Waals surface area contributed by atoms with Crippen LogP contribution in [0.4, 0.5) is 0 Å². The molecule has 0 spiro atoms. The van der Waals surface area contributed by atoms with E-state index in [1.54, 1.807) is 28.6 Å². The molecule has 1 aliphatic heterocycles. The number of nitrogens with zero attached hydrogens (tertiary/aromatic N) is 3. The molecular weight excluding hydrogens is 526 g/mol. The number of ether oxygens (including phenoxy) is 4. The van der Waals surface area contributed by atoms with Crippen molar-refractivity contribution in [1.82, 2.24) is 25.2 Å². The van der Waals surface area contributed by atoms with Gasteiger partial charge >= 0.3 is 5.97 Å². The van der Waals surface area contributed by atoms with Crippen LogP contribution >= 0.6 is 11.3 Å². The van der Waals surface area contributed by atoms with Gasteiger partial charge in [0, 0.05) is 42.7 Å². The Labute approximate surface area is 229 Å². The van der Waals surface area contributed by atoms with Gasteiger partial charge in [0.25, 0.3) is 11.8 Å². The van der Waals surface area contributed by atoms with E-state index < -0.39 is 17.9 Å². The van der Waals surface area contributed by atoms with Crippen molar-refractivity contribution in [1.29, 1.82) is 0 Å². The molecule has 0 saturated carbocycles. The quantitative estimate of drug-likeness (QED) is 0.359. The van der Waals surface area contributed by atoms with Crippen molar-refractivity contribution in [3.8, 4) is 17.2 Å². The predicted molar refractivity (Wildman–Crippen MR) is 142 cm³/mol. The SMILES string of the molecule is COC(=O)C(Cc1cnc[nH]1)NC(=O)c1csc(C2CCN(C(=O)c3ccc(OC)c(OC)c3OC)CC2)n1. The molecule has 1 unspecified atom stereocenters. The van der Waals surface area contributed by atoms with Gasteiger partial charge in [-0.05, 0) is 25.0 Å². The minimum Gasteiger partial charge on any atom is -0.493 e. The molecule has 2 N–H and O–H groups in total. The van der Waals surface area contributed by atoms with Crippen LogP contribution in [0.2, 0.25) is 0 Å². The van der Waals surface area contributed by atoms with Crippen LogP contribution in [0.25, 0.3) is 0 Å². The lowest BCUT2D eigenvalue weighted by Gasteiger charge is -2.31. The molecule has 2 aromatic heterocycles. The number of carbonyl (C=O) groups is 3. The molecule has 3 aromatic rings. The fourth-order valence-electron chi connectivity index (χ4n) is 4.53. The Kier molecular flexibility index (Phi) is 9.02. The van der Waals surface area contributed by atoms with Crippen molar-refractivity contribution >= 4 is 29.1 Å². The van der Waals surface area contributed by atoms with Crippen LogP contribution in [0, 0.1) is 0 Å². The van der Waals surface area contributed by atoms with Gasteiger partial charge in [-0.15, -0.1) is 11.3 Å². The largest absolute Gasteiger partial charge is 0.493 e. The second-order valence-corrected chi connectivity index (χ2v) is 9.74. The number of amides is 2. The van der Waals surface area contributed by atoms with E-state index in [0.717, 1.165) is 5.01 Å². The highest BCUT2D eigenvalue weighted by Crippen LogP contribution is 2.40. The average molecular weight is 558 g/mol. The zero-order valence-corrected chi connectivity index (χ0v) is 23.0. The maximum Gasteiger partial charge on any atom is 0.328 e. The molecule has 12 nitrogen and oxygen atoms in total.